The van der Waals surface area contributed by atoms with Crippen LogP contribution in [0.4, 0.5) is 5.69 Å². The highest BCUT2D eigenvalue weighted by atomic mass is 16.3. The van der Waals surface area contributed by atoms with Crippen molar-refractivity contribution in [1.29, 1.82) is 0 Å². The Hall–Kier alpha value is -1.61. The van der Waals surface area contributed by atoms with Crippen LogP contribution in [-0.2, 0) is 4.79 Å². The summed E-state index contributed by atoms with van der Waals surface area (Å²) < 4.78 is 0. The number of hydrogen-bond acceptors (Lipinski definition) is 3. The molecule has 1 fully saturated rings. The summed E-state index contributed by atoms with van der Waals surface area (Å²) >= 11 is 0. The fourth-order valence-corrected chi connectivity index (χ4v) is 2.85. The molecule has 0 unspecified atom stereocenters. The van der Waals surface area contributed by atoms with Gasteiger partial charge in [-0.05, 0) is 31.2 Å². The molecule has 2 atom stereocenters. The molecule has 3 heteroatoms. The molecular formula is C15H17NO2. The van der Waals surface area contributed by atoms with Gasteiger partial charge in [0.1, 0.15) is 5.60 Å². The Morgan fingerprint density at radius 2 is 2.06 bits per heavy atom. The van der Waals surface area contributed by atoms with Crippen molar-refractivity contribution < 1.29 is 9.90 Å². The van der Waals surface area contributed by atoms with Crippen molar-refractivity contribution >= 4 is 11.5 Å². The van der Waals surface area contributed by atoms with Gasteiger partial charge in [-0.15, -0.1) is 0 Å². The largest absolute Gasteiger partial charge is 0.384 e. The molecule has 0 amide bonds. The number of allylic oxidation sites excluding steroid dienone is 1. The molecular weight excluding hydrogens is 226 g/mol. The molecule has 0 saturated carbocycles. The van der Waals surface area contributed by atoms with Gasteiger partial charge in [0.15, 0.2) is 5.78 Å². The van der Waals surface area contributed by atoms with Gasteiger partial charge in [0, 0.05) is 24.6 Å². The summed E-state index contributed by atoms with van der Waals surface area (Å²) in [7, 11) is 0. The van der Waals surface area contributed by atoms with Crippen LogP contribution in [0.25, 0.3) is 0 Å². The van der Waals surface area contributed by atoms with Gasteiger partial charge in [-0.25, -0.2) is 0 Å². The van der Waals surface area contributed by atoms with E-state index >= 15 is 0 Å². The number of fused-ring (bicyclic) bond motifs is 1. The Balaban J connectivity index is 1.85. The molecule has 0 bridgehead atoms. The number of carbonyl (C=O) groups excluding carboxylic acids is 1. The molecule has 94 valence electrons. The van der Waals surface area contributed by atoms with Crippen LogP contribution in [0.15, 0.2) is 36.4 Å². The average molecular weight is 243 g/mol. The lowest BCUT2D eigenvalue weighted by molar-refractivity contribution is -0.117. The molecule has 1 aliphatic heterocycles. The van der Waals surface area contributed by atoms with Crippen molar-refractivity contribution in [3.8, 4) is 0 Å². The van der Waals surface area contributed by atoms with Gasteiger partial charge in [-0.1, -0.05) is 17.7 Å². The first-order valence-corrected chi connectivity index (χ1v) is 6.33. The lowest BCUT2D eigenvalue weighted by atomic mass is 9.82. The molecule has 1 aromatic carbocycles. The van der Waals surface area contributed by atoms with E-state index in [0.29, 0.717) is 13.0 Å². The number of aliphatic hydroxyl groups is 1. The molecule has 1 heterocycles. The summed E-state index contributed by atoms with van der Waals surface area (Å²) in [6.45, 7) is 3.38. The highest BCUT2D eigenvalue weighted by Crippen LogP contribution is 2.37. The van der Waals surface area contributed by atoms with E-state index in [1.165, 1.54) is 11.6 Å². The summed E-state index contributed by atoms with van der Waals surface area (Å²) in [6.07, 6.45) is 3.65. The monoisotopic (exact) mass is 243 g/mol. The highest BCUT2D eigenvalue weighted by Gasteiger charge is 2.45. The van der Waals surface area contributed by atoms with E-state index in [-0.39, 0.29) is 11.7 Å². The maximum Gasteiger partial charge on any atom is 0.155 e. The molecule has 2 aliphatic rings. The molecule has 1 N–H and O–H groups in total. The molecule has 0 aromatic heterocycles. The standard InChI is InChI=1S/C15H17NO2/c1-11-2-4-13(5-3-11)16-9-12-8-14(17)6-7-15(12,18)10-16/h2-7,12,18H,8-10H2,1H3/t12-,15+/m0/s1. The third-order valence-corrected chi connectivity index (χ3v) is 4.00. The van der Waals surface area contributed by atoms with E-state index in [0.717, 1.165) is 12.2 Å². The molecule has 18 heavy (non-hydrogen) atoms. The topological polar surface area (TPSA) is 40.5 Å². The summed E-state index contributed by atoms with van der Waals surface area (Å²) in [6, 6.07) is 8.29. The van der Waals surface area contributed by atoms with Crippen LogP contribution in [0.2, 0.25) is 0 Å². The zero-order valence-corrected chi connectivity index (χ0v) is 10.5. The SMILES string of the molecule is Cc1ccc(N2C[C@@H]3CC(=O)C=C[C@@]3(O)C2)cc1. The summed E-state index contributed by atoms with van der Waals surface area (Å²) in [5, 5.41) is 10.5. The number of benzene rings is 1. The number of nitrogens with zero attached hydrogens (tertiary/aromatic N) is 1. The van der Waals surface area contributed by atoms with Crippen molar-refractivity contribution in [2.24, 2.45) is 5.92 Å². The Morgan fingerprint density at radius 1 is 1.33 bits per heavy atom. The minimum absolute atomic E-state index is 0.0244. The van der Waals surface area contributed by atoms with E-state index in [9.17, 15) is 9.90 Å². The van der Waals surface area contributed by atoms with Gasteiger partial charge < -0.3 is 10.0 Å². The maximum atomic E-state index is 11.4. The van der Waals surface area contributed by atoms with Crippen molar-refractivity contribution in [1.82, 2.24) is 0 Å². The third kappa shape index (κ3) is 1.85. The van der Waals surface area contributed by atoms with Crippen molar-refractivity contribution in [3.05, 3.63) is 42.0 Å². The smallest absolute Gasteiger partial charge is 0.155 e. The van der Waals surface area contributed by atoms with E-state index in [1.54, 1.807) is 6.08 Å². The van der Waals surface area contributed by atoms with Crippen LogP contribution in [0.1, 0.15) is 12.0 Å². The van der Waals surface area contributed by atoms with Crippen molar-refractivity contribution in [2.75, 3.05) is 18.0 Å². The zero-order chi connectivity index (χ0) is 12.8. The third-order valence-electron chi connectivity index (χ3n) is 4.00. The number of carbonyl (C=O) groups is 1. The van der Waals surface area contributed by atoms with Gasteiger partial charge in [0.25, 0.3) is 0 Å². The Bertz CT molecular complexity index is 506. The molecule has 1 aromatic rings. The molecule has 0 radical (unpaired) electrons. The molecule has 1 saturated heterocycles. The number of aryl methyl sites for hydroxylation is 1. The van der Waals surface area contributed by atoms with Gasteiger partial charge in [-0.3, -0.25) is 4.79 Å². The number of hydrogen-bond donors (Lipinski definition) is 1. The fourth-order valence-electron chi connectivity index (χ4n) is 2.85. The molecule has 0 spiro atoms. The first kappa shape index (κ1) is 11.5. The van der Waals surface area contributed by atoms with Crippen LogP contribution in [-0.4, -0.2) is 29.6 Å². The Labute approximate surface area is 107 Å². The normalized spacial score (nSPS) is 30.7. The first-order valence-electron chi connectivity index (χ1n) is 6.33. The lowest BCUT2D eigenvalue weighted by Gasteiger charge is -2.27. The molecule has 3 nitrogen and oxygen atoms in total. The minimum Gasteiger partial charge on any atom is -0.384 e. The van der Waals surface area contributed by atoms with Gasteiger partial charge >= 0.3 is 0 Å². The van der Waals surface area contributed by atoms with Gasteiger partial charge in [-0.2, -0.15) is 0 Å². The summed E-state index contributed by atoms with van der Waals surface area (Å²) in [5.41, 5.74) is 1.51. The highest BCUT2D eigenvalue weighted by molar-refractivity contribution is 5.91. The fraction of sp³-hybridized carbons (Fsp3) is 0.400. The summed E-state index contributed by atoms with van der Waals surface area (Å²) in [4.78, 5) is 13.6. The first-order chi connectivity index (χ1) is 8.57. The van der Waals surface area contributed by atoms with Crippen LogP contribution < -0.4 is 4.90 Å². The second kappa shape index (κ2) is 3.95. The predicted molar refractivity (Wildman–Crippen MR) is 70.6 cm³/mol. The van der Waals surface area contributed by atoms with Gasteiger partial charge in [0.2, 0.25) is 0 Å². The van der Waals surface area contributed by atoms with Crippen molar-refractivity contribution in [3.63, 3.8) is 0 Å². The maximum absolute atomic E-state index is 11.4. The zero-order valence-electron chi connectivity index (χ0n) is 10.5. The quantitative estimate of drug-likeness (QED) is 0.816. The number of rotatable bonds is 1. The summed E-state index contributed by atoms with van der Waals surface area (Å²) in [5.74, 6) is 0.145. The van der Waals surface area contributed by atoms with E-state index in [1.807, 2.05) is 0 Å². The van der Waals surface area contributed by atoms with Crippen LogP contribution >= 0.6 is 0 Å². The molecule has 1 aliphatic carbocycles. The van der Waals surface area contributed by atoms with Crippen molar-refractivity contribution in [2.45, 2.75) is 18.9 Å². The van der Waals surface area contributed by atoms with Crippen LogP contribution in [0.3, 0.4) is 0 Å². The number of ketones is 1. The van der Waals surface area contributed by atoms with Crippen LogP contribution in [0, 0.1) is 12.8 Å². The second-order valence-electron chi connectivity index (χ2n) is 5.41. The van der Waals surface area contributed by atoms with E-state index in [2.05, 4.69) is 36.1 Å². The number of anilines is 1. The number of β-amino-alcohol motifs (C(OH)–C–C–N with tert-alkyl or cyclic N) is 1. The Morgan fingerprint density at radius 3 is 2.78 bits per heavy atom. The van der Waals surface area contributed by atoms with E-state index < -0.39 is 5.60 Å². The molecule has 3 rings (SSSR count). The average Bonchev–Trinajstić information content (AvgIpc) is 2.67. The van der Waals surface area contributed by atoms with Gasteiger partial charge in [0.05, 0.1) is 6.54 Å². The second-order valence-corrected chi connectivity index (χ2v) is 5.41. The van der Waals surface area contributed by atoms with E-state index in [4.69, 9.17) is 0 Å². The lowest BCUT2D eigenvalue weighted by Crippen LogP contribution is -2.39. The van der Waals surface area contributed by atoms with Crippen LogP contribution in [0.5, 0.6) is 0 Å². The predicted octanol–water partition coefficient (Wildman–Crippen LogP) is 1.69. The minimum atomic E-state index is -0.835. The Kier molecular flexibility index (Phi) is 2.52.